The van der Waals surface area contributed by atoms with Crippen molar-refractivity contribution in [2.24, 2.45) is 0 Å². The number of rotatable bonds is 8. The molecule has 12 heteroatoms. The third-order valence-electron chi connectivity index (χ3n) is 6.98. The Kier molecular flexibility index (Phi) is 8.01. The summed E-state index contributed by atoms with van der Waals surface area (Å²) in [7, 11) is -3.93. The Morgan fingerprint density at radius 2 is 1.80 bits per heavy atom. The second kappa shape index (κ2) is 11.6. The van der Waals surface area contributed by atoms with Crippen LogP contribution in [0.2, 0.25) is 0 Å². The summed E-state index contributed by atoms with van der Waals surface area (Å²) in [6.07, 6.45) is 2.49. The molecule has 1 aliphatic rings. The number of carbonyl (C=O) groups is 2. The molecule has 0 aliphatic carbocycles. The summed E-state index contributed by atoms with van der Waals surface area (Å²) in [5.41, 5.74) is 3.29. The molecule has 2 aromatic carbocycles. The second-order valence-electron chi connectivity index (χ2n) is 9.36. The van der Waals surface area contributed by atoms with E-state index < -0.39 is 26.9 Å². The number of hydrogen-bond acceptors (Lipinski definition) is 9. The highest BCUT2D eigenvalue weighted by atomic mass is 32.2. The molecule has 40 heavy (non-hydrogen) atoms. The van der Waals surface area contributed by atoms with Crippen molar-refractivity contribution in [3.05, 3.63) is 84.2 Å². The van der Waals surface area contributed by atoms with Gasteiger partial charge in [-0.3, -0.25) is 14.8 Å². The molecule has 4 aromatic rings. The van der Waals surface area contributed by atoms with Crippen LogP contribution < -0.4 is 10.2 Å². The number of hydroxylamine groups is 1. The molecule has 2 amide bonds. The van der Waals surface area contributed by atoms with Crippen molar-refractivity contribution in [1.82, 2.24) is 15.4 Å². The van der Waals surface area contributed by atoms with Gasteiger partial charge in [0.2, 0.25) is 5.91 Å². The highest BCUT2D eigenvalue weighted by Crippen LogP contribution is 2.45. The molecular weight excluding hydrogens is 554 g/mol. The Bertz CT molecular complexity index is 1570. The lowest BCUT2D eigenvalue weighted by Gasteiger charge is -2.30. The molecule has 1 fully saturated rings. The molecule has 1 unspecified atom stereocenters. The zero-order valence-electron chi connectivity index (χ0n) is 21.4. The van der Waals surface area contributed by atoms with Gasteiger partial charge in [0.15, 0.2) is 28.6 Å². The Balaban J connectivity index is 1.40. The van der Waals surface area contributed by atoms with Crippen LogP contribution in [0.1, 0.15) is 17.7 Å². The molecule has 1 saturated heterocycles. The van der Waals surface area contributed by atoms with Crippen molar-refractivity contribution in [3.8, 4) is 27.5 Å². The zero-order chi connectivity index (χ0) is 28.2. The standard InChI is InChI=1S/C28H27N3O7S2/c32-26(30-34)16-28(25-11-10-24(39-25)21-8-6-20(7-9-21)23-17-29-19-38-23)12-13-31(14-15-40(28,35)36)27(33)18-37-22-4-2-1-3-5-22/h1-11,17,19,34H,12-16,18H2,(H,30,32). The number of oxazole rings is 1. The van der Waals surface area contributed by atoms with Crippen molar-refractivity contribution in [2.75, 3.05) is 25.4 Å². The van der Waals surface area contributed by atoms with Crippen molar-refractivity contribution in [1.29, 1.82) is 0 Å². The fourth-order valence-corrected chi connectivity index (χ4v) is 8.38. The summed E-state index contributed by atoms with van der Waals surface area (Å²) in [4.78, 5) is 32.0. The van der Waals surface area contributed by atoms with Gasteiger partial charge in [0.25, 0.3) is 5.91 Å². The first kappa shape index (κ1) is 27.6. The average Bonchev–Trinajstić information content (AvgIpc) is 3.67. The summed E-state index contributed by atoms with van der Waals surface area (Å²) in [6, 6.07) is 20.0. The van der Waals surface area contributed by atoms with E-state index >= 15 is 0 Å². The van der Waals surface area contributed by atoms with Gasteiger partial charge >= 0.3 is 0 Å². The van der Waals surface area contributed by atoms with E-state index in [4.69, 9.17) is 9.15 Å². The number of sulfone groups is 1. The summed E-state index contributed by atoms with van der Waals surface area (Å²) in [5.74, 6) is -0.332. The SMILES string of the molecule is O=C(CC1(c2ccc(-c3ccc(-c4cnco4)cc3)s2)CCN(C(=O)COc2ccccc2)CCS1(=O)=O)NO. The number of thiophene rings is 1. The van der Waals surface area contributed by atoms with Crippen LogP contribution in [-0.4, -0.2) is 60.8 Å². The van der Waals surface area contributed by atoms with Gasteiger partial charge in [-0.1, -0.05) is 42.5 Å². The van der Waals surface area contributed by atoms with Crippen LogP contribution in [0.3, 0.4) is 0 Å². The van der Waals surface area contributed by atoms with Crippen molar-refractivity contribution in [3.63, 3.8) is 0 Å². The van der Waals surface area contributed by atoms with Gasteiger partial charge in [-0.05, 0) is 36.2 Å². The van der Waals surface area contributed by atoms with Gasteiger partial charge in [-0.2, -0.15) is 0 Å². The zero-order valence-corrected chi connectivity index (χ0v) is 23.0. The molecule has 3 heterocycles. The maximum atomic E-state index is 13.8. The summed E-state index contributed by atoms with van der Waals surface area (Å²) >= 11 is 1.27. The van der Waals surface area contributed by atoms with Crippen LogP contribution >= 0.6 is 11.3 Å². The van der Waals surface area contributed by atoms with E-state index in [1.807, 2.05) is 36.4 Å². The van der Waals surface area contributed by atoms with Gasteiger partial charge in [0.1, 0.15) is 10.5 Å². The minimum atomic E-state index is -3.93. The molecule has 5 rings (SSSR count). The van der Waals surface area contributed by atoms with Crippen LogP contribution in [0, 0.1) is 0 Å². The van der Waals surface area contributed by atoms with Crippen LogP contribution in [0.4, 0.5) is 0 Å². The van der Waals surface area contributed by atoms with E-state index in [1.165, 1.54) is 22.6 Å². The molecule has 1 aliphatic heterocycles. The van der Waals surface area contributed by atoms with Gasteiger partial charge in [-0.15, -0.1) is 11.3 Å². The van der Waals surface area contributed by atoms with Crippen molar-refractivity contribution < 1.29 is 32.4 Å². The quantitative estimate of drug-likeness (QED) is 0.236. The van der Waals surface area contributed by atoms with E-state index in [-0.39, 0.29) is 37.8 Å². The minimum Gasteiger partial charge on any atom is -0.484 e. The predicted octanol–water partition coefficient (Wildman–Crippen LogP) is 3.89. The highest BCUT2D eigenvalue weighted by molar-refractivity contribution is 7.92. The number of ether oxygens (including phenoxy) is 1. The number of hydrogen-bond donors (Lipinski definition) is 2. The van der Waals surface area contributed by atoms with E-state index in [0.29, 0.717) is 16.4 Å². The van der Waals surface area contributed by atoms with Crippen LogP contribution in [0.25, 0.3) is 21.8 Å². The lowest BCUT2D eigenvalue weighted by molar-refractivity contribution is -0.133. The molecule has 2 N–H and O–H groups in total. The van der Waals surface area contributed by atoms with Crippen LogP contribution in [-0.2, 0) is 24.2 Å². The molecule has 2 aromatic heterocycles. The molecule has 1 atom stereocenters. The summed E-state index contributed by atoms with van der Waals surface area (Å²) in [5, 5.41) is 9.29. The first-order valence-electron chi connectivity index (χ1n) is 12.5. The summed E-state index contributed by atoms with van der Waals surface area (Å²) < 4.78 is 36.9. The highest BCUT2D eigenvalue weighted by Gasteiger charge is 2.49. The first-order valence-corrected chi connectivity index (χ1v) is 15.0. The fourth-order valence-electron chi connectivity index (χ4n) is 4.77. The Morgan fingerprint density at radius 1 is 1.05 bits per heavy atom. The molecular formula is C28H27N3O7S2. The van der Waals surface area contributed by atoms with Gasteiger partial charge in [0.05, 0.1) is 18.4 Å². The Morgan fingerprint density at radius 3 is 2.50 bits per heavy atom. The van der Waals surface area contributed by atoms with Gasteiger partial charge in [0, 0.05) is 28.4 Å². The number of benzene rings is 2. The van der Waals surface area contributed by atoms with Gasteiger partial charge < -0.3 is 14.1 Å². The Labute approximate surface area is 235 Å². The molecule has 0 radical (unpaired) electrons. The van der Waals surface area contributed by atoms with E-state index in [2.05, 4.69) is 4.98 Å². The van der Waals surface area contributed by atoms with E-state index in [9.17, 15) is 23.2 Å². The fraction of sp³-hybridized carbons (Fsp3) is 0.250. The molecule has 10 nitrogen and oxygen atoms in total. The number of para-hydroxylation sites is 1. The number of amides is 2. The predicted molar refractivity (Wildman–Crippen MR) is 148 cm³/mol. The van der Waals surface area contributed by atoms with Crippen molar-refractivity contribution >= 4 is 33.0 Å². The first-order chi connectivity index (χ1) is 19.3. The topological polar surface area (TPSA) is 139 Å². The van der Waals surface area contributed by atoms with E-state index in [0.717, 1.165) is 16.0 Å². The largest absolute Gasteiger partial charge is 0.484 e. The molecule has 0 spiro atoms. The number of aromatic nitrogens is 1. The number of carbonyl (C=O) groups excluding carboxylic acids is 2. The minimum absolute atomic E-state index is 0.00971. The maximum absolute atomic E-state index is 13.8. The van der Waals surface area contributed by atoms with Gasteiger partial charge in [-0.25, -0.2) is 18.9 Å². The third kappa shape index (κ3) is 5.64. The average molecular weight is 582 g/mol. The third-order valence-corrected chi connectivity index (χ3v) is 10.9. The number of nitrogens with one attached hydrogen (secondary N) is 1. The molecule has 0 bridgehead atoms. The number of nitrogens with zero attached hydrogens (tertiary/aromatic N) is 2. The Hall–Kier alpha value is -4.00. The monoisotopic (exact) mass is 581 g/mol. The smallest absolute Gasteiger partial charge is 0.260 e. The van der Waals surface area contributed by atoms with Crippen LogP contribution in [0.15, 0.2) is 83.7 Å². The molecule has 208 valence electrons. The molecule has 0 saturated carbocycles. The lowest BCUT2D eigenvalue weighted by Crippen LogP contribution is -2.41. The van der Waals surface area contributed by atoms with E-state index in [1.54, 1.807) is 42.0 Å². The summed E-state index contributed by atoms with van der Waals surface area (Å²) in [6.45, 7) is -0.154. The maximum Gasteiger partial charge on any atom is 0.260 e. The lowest BCUT2D eigenvalue weighted by atomic mass is 9.97. The second-order valence-corrected chi connectivity index (χ2v) is 12.9. The normalized spacial score (nSPS) is 18.6. The van der Waals surface area contributed by atoms with Crippen LogP contribution in [0.5, 0.6) is 5.75 Å². The van der Waals surface area contributed by atoms with Crippen molar-refractivity contribution in [2.45, 2.75) is 17.6 Å².